The Kier molecular flexibility index (Phi) is 5.92. The third kappa shape index (κ3) is 4.77. The maximum atomic E-state index is 13.5. The third-order valence-corrected chi connectivity index (χ3v) is 5.71. The van der Waals surface area contributed by atoms with Gasteiger partial charge in [-0.3, -0.25) is 9.48 Å². The number of nitrogens with one attached hydrogen (secondary N) is 1. The molecule has 0 saturated heterocycles. The molecule has 1 N–H and O–H groups in total. The van der Waals surface area contributed by atoms with Gasteiger partial charge in [0, 0.05) is 17.0 Å². The first-order valence-corrected chi connectivity index (χ1v) is 11.1. The van der Waals surface area contributed by atoms with Gasteiger partial charge in [-0.25, -0.2) is 9.37 Å². The van der Waals surface area contributed by atoms with Crippen LogP contribution in [-0.2, 0) is 23.3 Å². The van der Waals surface area contributed by atoms with E-state index < -0.39 is 0 Å². The Morgan fingerprint density at radius 2 is 2.00 bits per heavy atom. The van der Waals surface area contributed by atoms with E-state index in [4.69, 9.17) is 4.52 Å². The van der Waals surface area contributed by atoms with E-state index in [0.29, 0.717) is 11.5 Å². The number of hydrogen-bond donors (Lipinski definition) is 1. The van der Waals surface area contributed by atoms with Crippen LogP contribution in [0.2, 0.25) is 0 Å². The summed E-state index contributed by atoms with van der Waals surface area (Å²) in [5, 5.41) is 13.8. The Bertz CT molecular complexity index is 1230. The first kappa shape index (κ1) is 21.9. The van der Waals surface area contributed by atoms with Crippen molar-refractivity contribution < 1.29 is 13.7 Å². The Hall–Kier alpha value is -3.33. The van der Waals surface area contributed by atoms with E-state index >= 15 is 0 Å². The van der Waals surface area contributed by atoms with Crippen LogP contribution in [0, 0.1) is 12.7 Å². The lowest BCUT2D eigenvalue weighted by molar-refractivity contribution is -0.120. The molecule has 32 heavy (non-hydrogen) atoms. The topological polar surface area (TPSA) is 85.8 Å². The van der Waals surface area contributed by atoms with Crippen molar-refractivity contribution >= 4 is 17.2 Å². The molecule has 4 rings (SSSR count). The van der Waals surface area contributed by atoms with Crippen molar-refractivity contribution in [3.8, 4) is 21.8 Å². The van der Waals surface area contributed by atoms with Crippen molar-refractivity contribution in [3.63, 3.8) is 0 Å². The van der Waals surface area contributed by atoms with Gasteiger partial charge in [0.05, 0.1) is 47.3 Å². The molecular formula is C23H24FN5O2S. The van der Waals surface area contributed by atoms with E-state index in [1.165, 1.54) is 23.5 Å². The normalized spacial score (nSPS) is 11.7. The number of nitrogens with zero attached hydrogens (tertiary/aromatic N) is 4. The molecule has 0 saturated carbocycles. The molecule has 1 amide bonds. The molecule has 3 aromatic heterocycles. The Morgan fingerprint density at radius 1 is 1.25 bits per heavy atom. The van der Waals surface area contributed by atoms with Gasteiger partial charge < -0.3 is 9.84 Å². The number of benzene rings is 1. The Labute approximate surface area is 189 Å². The highest BCUT2D eigenvalue weighted by Crippen LogP contribution is 2.36. The van der Waals surface area contributed by atoms with Gasteiger partial charge in [-0.05, 0) is 52.0 Å². The summed E-state index contributed by atoms with van der Waals surface area (Å²) in [6, 6.07) is 8.14. The van der Waals surface area contributed by atoms with Gasteiger partial charge in [0.1, 0.15) is 10.8 Å². The van der Waals surface area contributed by atoms with Gasteiger partial charge in [0.25, 0.3) is 0 Å². The van der Waals surface area contributed by atoms with Crippen LogP contribution in [-0.4, -0.2) is 25.8 Å². The maximum Gasteiger partial charge on any atom is 0.226 e. The summed E-state index contributed by atoms with van der Waals surface area (Å²) >= 11 is 1.45. The molecule has 0 fully saturated rings. The second-order valence-electron chi connectivity index (χ2n) is 8.53. The molecule has 0 radical (unpaired) electrons. The van der Waals surface area contributed by atoms with Crippen molar-refractivity contribution in [1.29, 1.82) is 0 Å². The van der Waals surface area contributed by atoms with Gasteiger partial charge >= 0.3 is 0 Å². The SMILES string of the molecule is Cc1cc(CNC(=O)Cc2csc(-c3cnn(C(C)(C)C)c3-c3ccc(F)cc3)n2)on1. The fraction of sp³-hybridized carbons (Fsp3) is 0.304. The molecule has 0 aliphatic heterocycles. The molecule has 0 aliphatic rings. The van der Waals surface area contributed by atoms with E-state index in [1.54, 1.807) is 24.4 Å². The first-order chi connectivity index (χ1) is 15.2. The standard InChI is InChI=1S/C23H24FN5O2S/c1-14-9-18(31-28-14)11-25-20(30)10-17-13-32-22(27-17)19-12-26-29(23(2,3)4)21(19)15-5-7-16(24)8-6-15/h5-9,12-13H,10-11H2,1-4H3,(H,25,30). The van der Waals surface area contributed by atoms with Gasteiger partial charge in [-0.1, -0.05) is 5.16 Å². The third-order valence-electron chi connectivity index (χ3n) is 4.78. The van der Waals surface area contributed by atoms with Gasteiger partial charge in [0.2, 0.25) is 5.91 Å². The number of halogens is 1. The van der Waals surface area contributed by atoms with Crippen LogP contribution in [0.3, 0.4) is 0 Å². The molecule has 7 nitrogen and oxygen atoms in total. The number of carbonyl (C=O) groups is 1. The molecule has 1 aromatic carbocycles. The number of rotatable bonds is 6. The molecule has 0 atom stereocenters. The molecule has 9 heteroatoms. The molecule has 4 aromatic rings. The van der Waals surface area contributed by atoms with Crippen LogP contribution in [0.25, 0.3) is 21.8 Å². The van der Waals surface area contributed by atoms with Crippen LogP contribution in [0.1, 0.15) is 37.9 Å². The minimum Gasteiger partial charge on any atom is -0.359 e. The van der Waals surface area contributed by atoms with Crippen molar-refractivity contribution in [3.05, 3.63) is 64.9 Å². The zero-order valence-electron chi connectivity index (χ0n) is 18.3. The molecule has 0 aliphatic carbocycles. The first-order valence-electron chi connectivity index (χ1n) is 10.2. The van der Waals surface area contributed by atoms with E-state index in [1.807, 2.05) is 17.0 Å². The highest BCUT2D eigenvalue weighted by molar-refractivity contribution is 7.13. The minimum absolute atomic E-state index is 0.153. The molecule has 0 unspecified atom stereocenters. The predicted octanol–water partition coefficient (Wildman–Crippen LogP) is 4.72. The summed E-state index contributed by atoms with van der Waals surface area (Å²) in [4.78, 5) is 17.0. The average molecular weight is 454 g/mol. The Balaban J connectivity index is 1.56. The number of hydrogen-bond acceptors (Lipinski definition) is 6. The van der Waals surface area contributed by atoms with Crippen LogP contribution >= 0.6 is 11.3 Å². The quantitative estimate of drug-likeness (QED) is 0.456. The van der Waals surface area contributed by atoms with Gasteiger partial charge in [-0.2, -0.15) is 5.10 Å². The van der Waals surface area contributed by atoms with Crippen molar-refractivity contribution in [2.45, 2.75) is 46.2 Å². The van der Waals surface area contributed by atoms with E-state index in [9.17, 15) is 9.18 Å². The lowest BCUT2D eigenvalue weighted by Crippen LogP contribution is -2.24. The van der Waals surface area contributed by atoms with Crippen LogP contribution < -0.4 is 5.32 Å². The predicted molar refractivity (Wildman–Crippen MR) is 121 cm³/mol. The summed E-state index contributed by atoms with van der Waals surface area (Å²) in [6.07, 6.45) is 1.93. The zero-order chi connectivity index (χ0) is 22.9. The maximum absolute atomic E-state index is 13.5. The minimum atomic E-state index is -0.292. The van der Waals surface area contributed by atoms with Crippen LogP contribution in [0.4, 0.5) is 4.39 Å². The summed E-state index contributed by atoms with van der Waals surface area (Å²) < 4.78 is 20.5. The molecule has 0 bridgehead atoms. The fourth-order valence-corrected chi connectivity index (χ4v) is 4.15. The number of aromatic nitrogens is 4. The second kappa shape index (κ2) is 8.66. The average Bonchev–Trinajstić information content (AvgIpc) is 3.46. The smallest absolute Gasteiger partial charge is 0.226 e. The van der Waals surface area contributed by atoms with Gasteiger partial charge in [0.15, 0.2) is 5.76 Å². The summed E-state index contributed by atoms with van der Waals surface area (Å²) in [5.41, 5.74) is 3.73. The summed E-state index contributed by atoms with van der Waals surface area (Å²) in [5.74, 6) is 0.161. The van der Waals surface area contributed by atoms with Crippen molar-refractivity contribution in [2.24, 2.45) is 0 Å². The highest BCUT2D eigenvalue weighted by Gasteiger charge is 2.24. The lowest BCUT2D eigenvalue weighted by atomic mass is 10.0. The number of aryl methyl sites for hydroxylation is 1. The van der Waals surface area contributed by atoms with E-state index in [2.05, 4.69) is 41.3 Å². The highest BCUT2D eigenvalue weighted by atomic mass is 32.1. The van der Waals surface area contributed by atoms with E-state index in [0.717, 1.165) is 27.5 Å². The summed E-state index contributed by atoms with van der Waals surface area (Å²) in [6.45, 7) is 8.29. The number of carbonyl (C=O) groups excluding carboxylic acids is 1. The molecular weight excluding hydrogens is 429 g/mol. The van der Waals surface area contributed by atoms with Crippen LogP contribution in [0.15, 0.2) is 46.4 Å². The van der Waals surface area contributed by atoms with Crippen molar-refractivity contribution in [2.75, 3.05) is 0 Å². The van der Waals surface area contributed by atoms with Crippen molar-refractivity contribution in [1.82, 2.24) is 25.2 Å². The monoisotopic (exact) mass is 453 g/mol. The largest absolute Gasteiger partial charge is 0.359 e. The molecule has 166 valence electrons. The molecule has 0 spiro atoms. The van der Waals surface area contributed by atoms with E-state index in [-0.39, 0.29) is 30.2 Å². The molecule has 3 heterocycles. The fourth-order valence-electron chi connectivity index (χ4n) is 3.32. The number of amides is 1. The zero-order valence-corrected chi connectivity index (χ0v) is 19.2. The van der Waals surface area contributed by atoms with Crippen LogP contribution in [0.5, 0.6) is 0 Å². The van der Waals surface area contributed by atoms with Gasteiger partial charge in [-0.15, -0.1) is 11.3 Å². The Morgan fingerprint density at radius 3 is 2.66 bits per heavy atom. The number of thiazole rings is 1. The summed E-state index contributed by atoms with van der Waals surface area (Å²) in [7, 11) is 0. The lowest BCUT2D eigenvalue weighted by Gasteiger charge is -2.23. The second-order valence-corrected chi connectivity index (χ2v) is 9.39.